The molecule has 106 valence electrons. The maximum absolute atomic E-state index is 11.8. The highest BCUT2D eigenvalue weighted by Crippen LogP contribution is 2.17. The second-order valence-electron chi connectivity index (χ2n) is 6.03. The Labute approximate surface area is 110 Å². The third kappa shape index (κ3) is 5.80. The van der Waals surface area contributed by atoms with Crippen LogP contribution in [0.5, 0.6) is 0 Å². The van der Waals surface area contributed by atoms with Crippen molar-refractivity contribution < 1.29 is 9.90 Å². The molecule has 0 unspecified atom stereocenters. The fraction of sp³-hybridized carbons (Fsp3) is 0.923. The number of carbonyl (C=O) groups excluding carboxylic acids is 1. The number of aliphatic hydroxyl groups is 1. The van der Waals surface area contributed by atoms with Gasteiger partial charge in [-0.2, -0.15) is 0 Å². The maximum Gasteiger partial charge on any atom is 0.234 e. The van der Waals surface area contributed by atoms with Gasteiger partial charge >= 0.3 is 0 Å². The van der Waals surface area contributed by atoms with E-state index in [9.17, 15) is 4.79 Å². The number of hydrogen-bond acceptors (Lipinski definition) is 4. The quantitative estimate of drug-likeness (QED) is 0.622. The van der Waals surface area contributed by atoms with Crippen LogP contribution in [0.25, 0.3) is 0 Å². The summed E-state index contributed by atoms with van der Waals surface area (Å²) in [7, 11) is 0. The van der Waals surface area contributed by atoms with Crippen LogP contribution in [0.3, 0.4) is 0 Å². The summed E-state index contributed by atoms with van der Waals surface area (Å²) in [5.41, 5.74) is 5.78. The number of hydrogen-bond donors (Lipinski definition) is 3. The van der Waals surface area contributed by atoms with Gasteiger partial charge in [0, 0.05) is 32.3 Å². The van der Waals surface area contributed by atoms with E-state index in [1.165, 1.54) is 0 Å². The Bertz CT molecular complexity index is 261. The molecule has 1 saturated heterocycles. The van der Waals surface area contributed by atoms with Gasteiger partial charge in [0.05, 0.1) is 6.54 Å². The standard InChI is InChI=1S/C13H27N3O2/c1-13(2,5-8-17)10-15-12(18)9-16-6-3-11(14)4-7-16/h11,17H,3-10,14H2,1-2H3,(H,15,18). The SMILES string of the molecule is CC(C)(CCO)CNC(=O)CN1CCC(N)CC1. The van der Waals surface area contributed by atoms with E-state index < -0.39 is 0 Å². The Balaban J connectivity index is 2.21. The zero-order valence-electron chi connectivity index (χ0n) is 11.6. The number of piperidine rings is 1. The third-order valence-electron chi connectivity index (χ3n) is 3.55. The van der Waals surface area contributed by atoms with E-state index in [-0.39, 0.29) is 17.9 Å². The first-order valence-electron chi connectivity index (χ1n) is 6.78. The predicted molar refractivity (Wildman–Crippen MR) is 72.1 cm³/mol. The first-order valence-corrected chi connectivity index (χ1v) is 6.78. The molecule has 18 heavy (non-hydrogen) atoms. The van der Waals surface area contributed by atoms with Crippen molar-refractivity contribution in [3.63, 3.8) is 0 Å². The van der Waals surface area contributed by atoms with Crippen molar-refractivity contribution in [3.8, 4) is 0 Å². The van der Waals surface area contributed by atoms with Crippen molar-refractivity contribution in [2.45, 2.75) is 39.2 Å². The average Bonchev–Trinajstić information content (AvgIpc) is 2.30. The lowest BCUT2D eigenvalue weighted by Gasteiger charge is -2.30. The van der Waals surface area contributed by atoms with Crippen LogP contribution in [0, 0.1) is 5.41 Å². The van der Waals surface area contributed by atoms with Crippen molar-refractivity contribution in [3.05, 3.63) is 0 Å². The first kappa shape index (κ1) is 15.4. The summed E-state index contributed by atoms with van der Waals surface area (Å²) in [5, 5.41) is 11.9. The summed E-state index contributed by atoms with van der Waals surface area (Å²) in [6.07, 6.45) is 2.65. The molecule has 1 heterocycles. The number of rotatable bonds is 6. The molecule has 1 amide bonds. The van der Waals surface area contributed by atoms with Gasteiger partial charge in [-0.25, -0.2) is 0 Å². The van der Waals surface area contributed by atoms with Gasteiger partial charge in [-0.1, -0.05) is 13.8 Å². The molecular formula is C13H27N3O2. The predicted octanol–water partition coefficient (Wildman–Crippen LogP) is -0.0657. The molecule has 5 nitrogen and oxygen atoms in total. The Hall–Kier alpha value is -0.650. The molecular weight excluding hydrogens is 230 g/mol. The Kier molecular flexibility index (Phi) is 6.05. The Morgan fingerprint density at radius 3 is 2.61 bits per heavy atom. The molecule has 0 aromatic rings. The highest BCUT2D eigenvalue weighted by Gasteiger charge is 2.21. The van der Waals surface area contributed by atoms with E-state index in [2.05, 4.69) is 10.2 Å². The van der Waals surface area contributed by atoms with Crippen LogP contribution in [-0.2, 0) is 4.79 Å². The van der Waals surface area contributed by atoms with Gasteiger partial charge in [-0.3, -0.25) is 9.69 Å². The summed E-state index contributed by atoms with van der Waals surface area (Å²) >= 11 is 0. The second-order valence-corrected chi connectivity index (χ2v) is 6.03. The van der Waals surface area contributed by atoms with Gasteiger partial charge in [0.15, 0.2) is 0 Å². The van der Waals surface area contributed by atoms with Gasteiger partial charge in [0.2, 0.25) is 5.91 Å². The van der Waals surface area contributed by atoms with Crippen molar-refractivity contribution in [2.75, 3.05) is 32.8 Å². The fourth-order valence-electron chi connectivity index (χ4n) is 2.10. The lowest BCUT2D eigenvalue weighted by Crippen LogP contribution is -2.46. The van der Waals surface area contributed by atoms with E-state index in [4.69, 9.17) is 10.8 Å². The minimum atomic E-state index is -0.0470. The van der Waals surface area contributed by atoms with E-state index in [1.54, 1.807) is 0 Å². The minimum Gasteiger partial charge on any atom is -0.396 e. The molecule has 5 heteroatoms. The molecule has 1 aliphatic heterocycles. The Morgan fingerprint density at radius 2 is 2.06 bits per heavy atom. The monoisotopic (exact) mass is 257 g/mol. The molecule has 0 spiro atoms. The van der Waals surface area contributed by atoms with Crippen molar-refractivity contribution in [2.24, 2.45) is 11.1 Å². The van der Waals surface area contributed by atoms with Crippen molar-refractivity contribution in [1.82, 2.24) is 10.2 Å². The molecule has 4 N–H and O–H groups in total. The van der Waals surface area contributed by atoms with Crippen molar-refractivity contribution in [1.29, 1.82) is 0 Å². The second kappa shape index (κ2) is 7.07. The lowest BCUT2D eigenvalue weighted by atomic mass is 9.90. The van der Waals surface area contributed by atoms with Crippen LogP contribution in [0.1, 0.15) is 33.1 Å². The normalized spacial score (nSPS) is 18.9. The van der Waals surface area contributed by atoms with E-state index in [0.717, 1.165) is 25.9 Å². The molecule has 0 aromatic carbocycles. The zero-order valence-corrected chi connectivity index (χ0v) is 11.6. The number of nitrogens with two attached hydrogens (primary N) is 1. The van der Waals surface area contributed by atoms with Gasteiger partial charge in [0.1, 0.15) is 0 Å². The van der Waals surface area contributed by atoms with Gasteiger partial charge < -0.3 is 16.2 Å². The minimum absolute atomic E-state index is 0.0470. The fourth-order valence-corrected chi connectivity index (χ4v) is 2.10. The van der Waals surface area contributed by atoms with E-state index in [0.29, 0.717) is 25.6 Å². The number of amides is 1. The zero-order chi connectivity index (χ0) is 13.6. The summed E-state index contributed by atoms with van der Waals surface area (Å²) in [6, 6.07) is 0.299. The third-order valence-corrected chi connectivity index (χ3v) is 3.55. The van der Waals surface area contributed by atoms with E-state index in [1.807, 2.05) is 13.8 Å². The topological polar surface area (TPSA) is 78.6 Å². The van der Waals surface area contributed by atoms with Gasteiger partial charge in [-0.15, -0.1) is 0 Å². The molecule has 1 fully saturated rings. The molecule has 0 atom stereocenters. The smallest absolute Gasteiger partial charge is 0.234 e. The lowest BCUT2D eigenvalue weighted by molar-refractivity contribution is -0.123. The summed E-state index contributed by atoms with van der Waals surface area (Å²) in [4.78, 5) is 13.9. The summed E-state index contributed by atoms with van der Waals surface area (Å²) in [6.45, 7) is 7.14. The van der Waals surface area contributed by atoms with Crippen LogP contribution in [0.4, 0.5) is 0 Å². The maximum atomic E-state index is 11.8. The average molecular weight is 257 g/mol. The molecule has 0 radical (unpaired) electrons. The summed E-state index contributed by atoms with van der Waals surface area (Å²) in [5.74, 6) is 0.0662. The van der Waals surface area contributed by atoms with Crippen LogP contribution < -0.4 is 11.1 Å². The molecule has 1 aliphatic rings. The van der Waals surface area contributed by atoms with E-state index >= 15 is 0 Å². The van der Waals surface area contributed by atoms with Crippen LogP contribution in [0.15, 0.2) is 0 Å². The molecule has 0 bridgehead atoms. The van der Waals surface area contributed by atoms with Gasteiger partial charge in [-0.05, 0) is 24.7 Å². The number of nitrogens with zero attached hydrogens (tertiary/aromatic N) is 1. The first-order chi connectivity index (χ1) is 8.43. The molecule has 0 aliphatic carbocycles. The molecule has 0 saturated carbocycles. The number of aliphatic hydroxyl groups excluding tert-OH is 1. The van der Waals surface area contributed by atoms with Gasteiger partial charge in [0.25, 0.3) is 0 Å². The largest absolute Gasteiger partial charge is 0.396 e. The summed E-state index contributed by atoms with van der Waals surface area (Å²) < 4.78 is 0. The highest BCUT2D eigenvalue weighted by atomic mass is 16.3. The Morgan fingerprint density at radius 1 is 1.44 bits per heavy atom. The number of nitrogens with one attached hydrogen (secondary N) is 1. The molecule has 1 rings (SSSR count). The van der Waals surface area contributed by atoms with Crippen molar-refractivity contribution >= 4 is 5.91 Å². The number of carbonyl (C=O) groups is 1. The van der Waals surface area contributed by atoms with Crippen LogP contribution >= 0.6 is 0 Å². The number of likely N-dealkylation sites (tertiary alicyclic amines) is 1. The highest BCUT2D eigenvalue weighted by molar-refractivity contribution is 5.78. The molecule has 0 aromatic heterocycles. The van der Waals surface area contributed by atoms with Crippen LogP contribution in [0.2, 0.25) is 0 Å². The van der Waals surface area contributed by atoms with Crippen LogP contribution in [-0.4, -0.2) is 54.7 Å².